The average Bonchev–Trinajstić information content (AvgIpc) is 2.33. The first kappa shape index (κ1) is 18.1. The molecule has 0 saturated carbocycles. The van der Waals surface area contributed by atoms with Gasteiger partial charge < -0.3 is 35.8 Å². The minimum absolute atomic E-state index is 0.0122. The Morgan fingerprint density at radius 1 is 1.53 bits per heavy atom. The molecule has 1 fully saturated rings. The molecule has 0 spiro atoms. The van der Waals surface area contributed by atoms with E-state index in [2.05, 4.69) is 11.1 Å². The van der Waals surface area contributed by atoms with Gasteiger partial charge in [0, 0.05) is 13.5 Å². The largest absolute Gasteiger partial charge is 0.394 e. The van der Waals surface area contributed by atoms with Crippen LogP contribution < -0.4 is 11.1 Å². The quantitative estimate of drug-likeness (QED) is 0.428. The van der Waals surface area contributed by atoms with Crippen molar-refractivity contribution in [2.75, 3.05) is 13.7 Å². The number of urea groups is 1. The third-order valence-electron chi connectivity index (χ3n) is 2.39. The number of rotatable bonds is 3. The van der Waals surface area contributed by atoms with Gasteiger partial charge in [-0.3, -0.25) is 0 Å². The summed E-state index contributed by atoms with van der Waals surface area (Å²) in [6.45, 7) is 3.39. The first-order valence-corrected chi connectivity index (χ1v) is 6.06. The van der Waals surface area contributed by atoms with Gasteiger partial charge >= 0.3 is 6.03 Å². The maximum atomic E-state index is 9.48. The Labute approximate surface area is 112 Å². The van der Waals surface area contributed by atoms with Gasteiger partial charge in [-0.1, -0.05) is 0 Å². The van der Waals surface area contributed by atoms with Crippen LogP contribution in [0.2, 0.25) is 0 Å². The lowest BCUT2D eigenvalue weighted by molar-refractivity contribution is -0.265. The van der Waals surface area contributed by atoms with Crippen LogP contribution >= 0.6 is 0 Å². The Bertz CT molecular complexity index is 264. The van der Waals surface area contributed by atoms with Crippen molar-refractivity contribution in [3.63, 3.8) is 0 Å². The number of hydrogen-bond acceptors (Lipinski definition) is 6. The highest BCUT2D eigenvalue weighted by atomic mass is 16.7. The van der Waals surface area contributed by atoms with Crippen LogP contribution in [0.25, 0.3) is 0 Å². The number of primary amides is 1. The number of aliphatic hydroxyl groups excluding tert-OH is 3. The fraction of sp³-hybridized carbons (Fsp3) is 0.909. The second-order valence-electron chi connectivity index (χ2n) is 4.38. The van der Waals surface area contributed by atoms with Gasteiger partial charge in [-0.15, -0.1) is 0 Å². The van der Waals surface area contributed by atoms with Gasteiger partial charge in [0.25, 0.3) is 0 Å². The minimum atomic E-state index is -1.04. The molecule has 0 bridgehead atoms. The molecule has 0 radical (unpaired) electrons. The van der Waals surface area contributed by atoms with E-state index in [4.69, 9.17) is 14.6 Å². The fourth-order valence-electron chi connectivity index (χ4n) is 1.46. The predicted molar refractivity (Wildman–Crippen MR) is 67.2 cm³/mol. The van der Waals surface area contributed by atoms with Crippen LogP contribution in [0, 0.1) is 0 Å². The van der Waals surface area contributed by atoms with Gasteiger partial charge in [0.1, 0.15) is 12.2 Å². The molecule has 2 amide bonds. The summed E-state index contributed by atoms with van der Waals surface area (Å²) < 4.78 is 10.6. The van der Waals surface area contributed by atoms with E-state index in [1.54, 1.807) is 0 Å². The molecule has 8 nitrogen and oxygen atoms in total. The van der Waals surface area contributed by atoms with Gasteiger partial charge in [-0.2, -0.15) is 0 Å². The SMILES string of the molecule is CC(C)OC1CC(O)C(O)C(CO)O1.CNC(N)=O. The Morgan fingerprint density at radius 2 is 2.05 bits per heavy atom. The van der Waals surface area contributed by atoms with Crippen LogP contribution in [0.1, 0.15) is 20.3 Å². The summed E-state index contributed by atoms with van der Waals surface area (Å²) in [6, 6.07) is -0.495. The molecule has 1 aliphatic heterocycles. The predicted octanol–water partition coefficient (Wildman–Crippen LogP) is -1.47. The van der Waals surface area contributed by atoms with E-state index in [9.17, 15) is 15.0 Å². The topological polar surface area (TPSA) is 134 Å². The molecule has 0 aromatic carbocycles. The highest BCUT2D eigenvalue weighted by Gasteiger charge is 2.36. The lowest BCUT2D eigenvalue weighted by Crippen LogP contribution is -2.50. The van der Waals surface area contributed by atoms with Crippen LogP contribution in [0.3, 0.4) is 0 Å². The van der Waals surface area contributed by atoms with E-state index in [1.807, 2.05) is 13.8 Å². The van der Waals surface area contributed by atoms with E-state index in [1.165, 1.54) is 7.05 Å². The number of carbonyl (C=O) groups is 1. The third kappa shape index (κ3) is 7.28. The summed E-state index contributed by atoms with van der Waals surface area (Å²) in [6.07, 6.45) is -3.03. The summed E-state index contributed by atoms with van der Waals surface area (Å²) in [5.41, 5.74) is 4.54. The number of aliphatic hydroxyl groups is 3. The number of hydrogen-bond donors (Lipinski definition) is 5. The minimum Gasteiger partial charge on any atom is -0.394 e. The number of carbonyl (C=O) groups excluding carboxylic acids is 1. The lowest BCUT2D eigenvalue weighted by atomic mass is 10.0. The van der Waals surface area contributed by atoms with Gasteiger partial charge in [0.05, 0.1) is 18.8 Å². The van der Waals surface area contributed by atoms with Crippen molar-refractivity contribution in [1.29, 1.82) is 0 Å². The number of amides is 2. The van der Waals surface area contributed by atoms with Crippen molar-refractivity contribution < 1.29 is 29.6 Å². The molecule has 0 aromatic rings. The van der Waals surface area contributed by atoms with Crippen LogP contribution in [0.15, 0.2) is 0 Å². The number of nitrogens with two attached hydrogens (primary N) is 1. The summed E-state index contributed by atoms with van der Waals surface area (Å²) in [5, 5.41) is 29.9. The van der Waals surface area contributed by atoms with Crippen LogP contribution in [-0.4, -0.2) is 65.7 Å². The zero-order valence-electron chi connectivity index (χ0n) is 11.4. The van der Waals surface area contributed by atoms with E-state index >= 15 is 0 Å². The van der Waals surface area contributed by atoms with Gasteiger partial charge in [0.15, 0.2) is 6.29 Å². The van der Waals surface area contributed by atoms with Crippen molar-refractivity contribution in [3.05, 3.63) is 0 Å². The summed E-state index contributed by atoms with van der Waals surface area (Å²) in [5.74, 6) is 0. The van der Waals surface area contributed by atoms with Gasteiger partial charge in [0.2, 0.25) is 0 Å². The first-order chi connectivity index (χ1) is 8.81. The Hall–Kier alpha value is -0.930. The fourth-order valence-corrected chi connectivity index (χ4v) is 1.46. The molecule has 6 N–H and O–H groups in total. The van der Waals surface area contributed by atoms with Gasteiger partial charge in [-0.05, 0) is 13.8 Å². The zero-order valence-corrected chi connectivity index (χ0v) is 11.4. The standard InChI is InChI=1S/C9H18O5.C2H6N2O/c1-5(2)13-8-3-6(11)9(12)7(4-10)14-8;1-4-2(3)5/h5-12H,3-4H2,1-2H3;1H3,(H3,3,4,5). The molecule has 0 aliphatic carbocycles. The smallest absolute Gasteiger partial charge is 0.311 e. The molecule has 1 saturated heterocycles. The molecular formula is C11H24N2O6. The van der Waals surface area contributed by atoms with Crippen molar-refractivity contribution >= 4 is 6.03 Å². The van der Waals surface area contributed by atoms with E-state index in [0.29, 0.717) is 0 Å². The molecule has 0 aromatic heterocycles. The Morgan fingerprint density at radius 3 is 2.42 bits per heavy atom. The van der Waals surface area contributed by atoms with Crippen molar-refractivity contribution in [2.45, 2.75) is 51.0 Å². The maximum Gasteiger partial charge on any atom is 0.311 e. The first-order valence-electron chi connectivity index (χ1n) is 6.06. The van der Waals surface area contributed by atoms with Gasteiger partial charge in [-0.25, -0.2) is 4.79 Å². The number of nitrogens with one attached hydrogen (secondary N) is 1. The third-order valence-corrected chi connectivity index (χ3v) is 2.39. The van der Waals surface area contributed by atoms with Crippen molar-refractivity contribution in [3.8, 4) is 0 Å². The van der Waals surface area contributed by atoms with E-state index in [-0.39, 0.29) is 19.1 Å². The molecule has 1 aliphatic rings. The molecule has 114 valence electrons. The number of ether oxygens (including phenoxy) is 2. The summed E-state index contributed by atoms with van der Waals surface area (Å²) in [7, 11) is 1.47. The lowest BCUT2D eigenvalue weighted by Gasteiger charge is -2.36. The van der Waals surface area contributed by atoms with Crippen molar-refractivity contribution in [2.24, 2.45) is 5.73 Å². The van der Waals surface area contributed by atoms with Crippen LogP contribution in [0.5, 0.6) is 0 Å². The maximum absolute atomic E-state index is 9.48. The average molecular weight is 280 g/mol. The summed E-state index contributed by atoms with van der Waals surface area (Å²) in [4.78, 5) is 9.48. The van der Waals surface area contributed by atoms with E-state index < -0.39 is 30.6 Å². The molecule has 4 atom stereocenters. The second-order valence-corrected chi connectivity index (χ2v) is 4.38. The van der Waals surface area contributed by atoms with Crippen molar-refractivity contribution in [1.82, 2.24) is 5.32 Å². The Kier molecular flexibility index (Phi) is 8.61. The molecule has 8 heteroatoms. The molecule has 1 rings (SSSR count). The molecule has 4 unspecified atom stereocenters. The monoisotopic (exact) mass is 280 g/mol. The zero-order chi connectivity index (χ0) is 15.0. The van der Waals surface area contributed by atoms with E-state index in [0.717, 1.165) is 0 Å². The summed E-state index contributed by atoms with van der Waals surface area (Å²) >= 11 is 0. The van der Waals surface area contributed by atoms with Crippen LogP contribution in [0.4, 0.5) is 4.79 Å². The second kappa shape index (κ2) is 9.05. The molecular weight excluding hydrogens is 256 g/mol. The highest BCUT2D eigenvalue weighted by molar-refractivity contribution is 5.71. The Balaban J connectivity index is 0.000000555. The highest BCUT2D eigenvalue weighted by Crippen LogP contribution is 2.21. The molecule has 1 heterocycles. The van der Waals surface area contributed by atoms with Crippen LogP contribution in [-0.2, 0) is 9.47 Å². The molecule has 19 heavy (non-hydrogen) atoms. The normalized spacial score (nSPS) is 30.5.